The smallest absolute Gasteiger partial charge is 0.0788 e. The molecule has 0 bridgehead atoms. The van der Waals surface area contributed by atoms with E-state index in [1.807, 2.05) is 0 Å². The maximum atomic E-state index is 8.70. The SMILES string of the molecule is C=C1C[C@H](CCCO)O[C@H]1CCCO. The molecule has 0 unspecified atom stereocenters. The quantitative estimate of drug-likeness (QED) is 0.634. The van der Waals surface area contributed by atoms with Crippen LogP contribution in [0.2, 0.25) is 0 Å². The van der Waals surface area contributed by atoms with Gasteiger partial charge in [-0.25, -0.2) is 0 Å². The standard InChI is InChI=1S/C11H20O3/c1-9-8-10(4-2-6-12)14-11(9)5-3-7-13/h10-13H,1-8H2/t10-,11-/m0/s1. The van der Waals surface area contributed by atoms with Crippen LogP contribution >= 0.6 is 0 Å². The van der Waals surface area contributed by atoms with Gasteiger partial charge in [0.1, 0.15) is 0 Å². The normalized spacial score (nSPS) is 27.1. The molecule has 3 nitrogen and oxygen atoms in total. The molecule has 1 rings (SSSR count). The third-order valence-electron chi connectivity index (χ3n) is 2.61. The minimum atomic E-state index is 0.130. The second-order valence-corrected chi connectivity index (χ2v) is 3.84. The summed E-state index contributed by atoms with van der Waals surface area (Å²) in [6.45, 7) is 4.42. The summed E-state index contributed by atoms with van der Waals surface area (Å²) in [5.41, 5.74) is 1.14. The molecule has 0 aliphatic carbocycles. The molecule has 1 aliphatic rings. The minimum absolute atomic E-state index is 0.130. The van der Waals surface area contributed by atoms with Crippen LogP contribution in [0, 0.1) is 0 Å². The van der Waals surface area contributed by atoms with Gasteiger partial charge in [-0.2, -0.15) is 0 Å². The van der Waals surface area contributed by atoms with Crippen molar-refractivity contribution in [2.75, 3.05) is 13.2 Å². The molecule has 14 heavy (non-hydrogen) atoms. The van der Waals surface area contributed by atoms with Crippen molar-refractivity contribution < 1.29 is 14.9 Å². The third kappa shape index (κ3) is 3.40. The van der Waals surface area contributed by atoms with Crippen LogP contribution in [0.15, 0.2) is 12.2 Å². The highest BCUT2D eigenvalue weighted by atomic mass is 16.5. The van der Waals surface area contributed by atoms with E-state index in [-0.39, 0.29) is 25.4 Å². The number of ether oxygens (including phenoxy) is 1. The summed E-state index contributed by atoms with van der Waals surface area (Å²) in [6.07, 6.45) is 4.62. The fourth-order valence-corrected chi connectivity index (χ4v) is 1.84. The van der Waals surface area contributed by atoms with Crippen LogP contribution < -0.4 is 0 Å². The molecule has 0 amide bonds. The van der Waals surface area contributed by atoms with Gasteiger partial charge in [0.05, 0.1) is 12.2 Å². The first-order chi connectivity index (χ1) is 6.77. The maximum Gasteiger partial charge on any atom is 0.0788 e. The van der Waals surface area contributed by atoms with E-state index in [0.717, 1.165) is 37.7 Å². The van der Waals surface area contributed by atoms with Gasteiger partial charge in [-0.15, -0.1) is 0 Å². The molecule has 0 saturated carbocycles. The average molecular weight is 200 g/mol. The van der Waals surface area contributed by atoms with Crippen LogP contribution in [-0.4, -0.2) is 35.6 Å². The minimum Gasteiger partial charge on any atom is -0.396 e. The third-order valence-corrected chi connectivity index (χ3v) is 2.61. The van der Waals surface area contributed by atoms with Crippen LogP contribution in [0.1, 0.15) is 32.1 Å². The Balaban J connectivity index is 2.24. The van der Waals surface area contributed by atoms with Crippen molar-refractivity contribution >= 4 is 0 Å². The molecule has 82 valence electrons. The topological polar surface area (TPSA) is 49.7 Å². The van der Waals surface area contributed by atoms with Crippen LogP contribution in [0.3, 0.4) is 0 Å². The first-order valence-electron chi connectivity index (χ1n) is 5.32. The molecular weight excluding hydrogens is 180 g/mol. The summed E-state index contributed by atoms with van der Waals surface area (Å²) in [4.78, 5) is 0. The Hall–Kier alpha value is -0.380. The Kier molecular flexibility index (Phi) is 5.15. The lowest BCUT2D eigenvalue weighted by atomic mass is 10.0. The lowest BCUT2D eigenvalue weighted by Gasteiger charge is -2.12. The molecule has 0 radical (unpaired) electrons. The van der Waals surface area contributed by atoms with Crippen LogP contribution in [0.25, 0.3) is 0 Å². The van der Waals surface area contributed by atoms with Gasteiger partial charge in [-0.3, -0.25) is 0 Å². The zero-order valence-corrected chi connectivity index (χ0v) is 8.61. The van der Waals surface area contributed by atoms with Gasteiger partial charge in [0.25, 0.3) is 0 Å². The monoisotopic (exact) mass is 200 g/mol. The average Bonchev–Trinajstić information content (AvgIpc) is 2.53. The Morgan fingerprint density at radius 3 is 2.50 bits per heavy atom. The van der Waals surface area contributed by atoms with E-state index in [1.54, 1.807) is 0 Å². The van der Waals surface area contributed by atoms with E-state index in [4.69, 9.17) is 14.9 Å². The zero-order chi connectivity index (χ0) is 10.4. The van der Waals surface area contributed by atoms with Gasteiger partial charge >= 0.3 is 0 Å². The predicted octanol–water partition coefficient (Wildman–Crippen LogP) is 1.25. The van der Waals surface area contributed by atoms with Gasteiger partial charge in [0, 0.05) is 13.2 Å². The molecule has 1 heterocycles. The molecule has 2 N–H and O–H groups in total. The zero-order valence-electron chi connectivity index (χ0n) is 8.61. The summed E-state index contributed by atoms with van der Waals surface area (Å²) in [6, 6.07) is 0. The van der Waals surface area contributed by atoms with Gasteiger partial charge in [-0.1, -0.05) is 6.58 Å². The predicted molar refractivity (Wildman–Crippen MR) is 55.1 cm³/mol. The van der Waals surface area contributed by atoms with E-state index in [2.05, 4.69) is 6.58 Å². The number of hydrogen-bond acceptors (Lipinski definition) is 3. The largest absolute Gasteiger partial charge is 0.396 e. The maximum absolute atomic E-state index is 8.70. The van der Waals surface area contributed by atoms with Crippen molar-refractivity contribution in [3.63, 3.8) is 0 Å². The van der Waals surface area contributed by atoms with E-state index in [9.17, 15) is 0 Å². The highest BCUT2D eigenvalue weighted by Gasteiger charge is 2.27. The molecule has 2 atom stereocenters. The van der Waals surface area contributed by atoms with Gasteiger partial charge < -0.3 is 14.9 Å². The summed E-state index contributed by atoms with van der Waals surface area (Å²) < 4.78 is 5.76. The van der Waals surface area contributed by atoms with Crippen molar-refractivity contribution in [3.8, 4) is 0 Å². The highest BCUT2D eigenvalue weighted by Crippen LogP contribution is 2.29. The van der Waals surface area contributed by atoms with Crippen LogP contribution in [0.4, 0.5) is 0 Å². The van der Waals surface area contributed by atoms with Gasteiger partial charge in [0.2, 0.25) is 0 Å². The molecule has 0 spiro atoms. The lowest BCUT2D eigenvalue weighted by molar-refractivity contribution is 0.0362. The lowest BCUT2D eigenvalue weighted by Crippen LogP contribution is -2.12. The number of rotatable bonds is 6. The number of hydrogen-bond donors (Lipinski definition) is 2. The fraction of sp³-hybridized carbons (Fsp3) is 0.818. The van der Waals surface area contributed by atoms with E-state index in [1.165, 1.54) is 0 Å². The first-order valence-corrected chi connectivity index (χ1v) is 5.32. The summed E-state index contributed by atoms with van der Waals surface area (Å²) >= 11 is 0. The Morgan fingerprint density at radius 1 is 1.21 bits per heavy atom. The summed E-state index contributed by atoms with van der Waals surface area (Å²) in [7, 11) is 0. The molecule has 0 aromatic heterocycles. The first kappa shape index (κ1) is 11.7. The second kappa shape index (κ2) is 6.17. The summed E-state index contributed by atoms with van der Waals surface area (Å²) in [5, 5.41) is 17.4. The molecule has 0 aromatic carbocycles. The van der Waals surface area contributed by atoms with Crippen molar-refractivity contribution in [1.82, 2.24) is 0 Å². The van der Waals surface area contributed by atoms with Crippen molar-refractivity contribution in [1.29, 1.82) is 0 Å². The second-order valence-electron chi connectivity index (χ2n) is 3.84. The Morgan fingerprint density at radius 2 is 1.86 bits per heavy atom. The molecule has 1 saturated heterocycles. The Labute approximate surface area is 85.4 Å². The van der Waals surface area contributed by atoms with E-state index in [0.29, 0.717) is 0 Å². The molecule has 0 aromatic rings. The van der Waals surface area contributed by atoms with Crippen LogP contribution in [0.5, 0.6) is 0 Å². The van der Waals surface area contributed by atoms with Gasteiger partial charge in [0.15, 0.2) is 0 Å². The van der Waals surface area contributed by atoms with E-state index >= 15 is 0 Å². The van der Waals surface area contributed by atoms with Crippen molar-refractivity contribution in [2.24, 2.45) is 0 Å². The van der Waals surface area contributed by atoms with Crippen molar-refractivity contribution in [3.05, 3.63) is 12.2 Å². The fourth-order valence-electron chi connectivity index (χ4n) is 1.84. The van der Waals surface area contributed by atoms with Crippen LogP contribution in [-0.2, 0) is 4.74 Å². The molecular formula is C11H20O3. The molecule has 1 fully saturated rings. The van der Waals surface area contributed by atoms with E-state index < -0.39 is 0 Å². The van der Waals surface area contributed by atoms with Gasteiger partial charge in [-0.05, 0) is 37.7 Å². The number of aliphatic hydroxyl groups is 2. The molecule has 3 heteroatoms. The molecule has 1 aliphatic heterocycles. The number of aliphatic hydroxyl groups excluding tert-OH is 2. The highest BCUT2D eigenvalue weighted by molar-refractivity contribution is 5.09. The van der Waals surface area contributed by atoms with Crippen molar-refractivity contribution in [2.45, 2.75) is 44.3 Å². The summed E-state index contributed by atoms with van der Waals surface area (Å²) in [5.74, 6) is 0. The Bertz CT molecular complexity index is 179.